The second-order valence-corrected chi connectivity index (χ2v) is 29.1. The van der Waals surface area contributed by atoms with Crippen molar-refractivity contribution in [2.45, 2.75) is 126 Å². The zero-order valence-electron chi connectivity index (χ0n) is 27.0. The van der Waals surface area contributed by atoms with E-state index in [1.807, 2.05) is 0 Å². The SMILES string of the molecule is CN(C)C1=CC[N]([Al]([CH3])[CH3])C=C1.C[C](C)(C)[Al]([C](C)(C)C)[C](C)(C)C.C[Si](C)C.C[Si](C)C.[SbH]. The van der Waals surface area contributed by atoms with Gasteiger partial charge in [0, 0.05) is 43.9 Å². The average Bonchev–Trinajstić information content (AvgIpc) is 2.49. The second-order valence-electron chi connectivity index (χ2n) is 14.2. The van der Waals surface area contributed by atoms with Gasteiger partial charge >= 0.3 is 38.8 Å². The number of rotatable bonds is 2. The summed E-state index contributed by atoms with van der Waals surface area (Å²) in [6, 6.07) is 0. The molecule has 0 aromatic rings. The zero-order chi connectivity index (χ0) is 27.4. The van der Waals surface area contributed by atoms with E-state index in [0.717, 1.165) is 6.54 Å². The zero-order valence-corrected chi connectivity index (χ0v) is 34.2. The molecule has 0 bridgehead atoms. The van der Waals surface area contributed by atoms with Crippen LogP contribution >= 0.6 is 0 Å². The van der Waals surface area contributed by atoms with E-state index in [0.29, 0.717) is 12.8 Å². The number of hydrogen-bond donors (Lipinski definition) is 0. The average molecular weight is 648 g/mol. The molecular weight excluding hydrogens is 584 g/mol. The van der Waals surface area contributed by atoms with E-state index < -0.39 is 28.5 Å². The summed E-state index contributed by atoms with van der Waals surface area (Å²) in [5.41, 5.74) is 1.32. The van der Waals surface area contributed by atoms with E-state index in [1.165, 1.54) is 5.70 Å². The maximum atomic E-state index is 2.45. The molecule has 0 fully saturated rings. The Labute approximate surface area is 248 Å². The van der Waals surface area contributed by atoms with E-state index in [9.17, 15) is 0 Å². The van der Waals surface area contributed by atoms with Gasteiger partial charge in [0.05, 0.1) is 0 Å². The van der Waals surface area contributed by atoms with E-state index in [1.54, 1.807) is 0 Å². The quantitative estimate of drug-likeness (QED) is 0.278. The predicted molar refractivity (Wildman–Crippen MR) is 174 cm³/mol. The van der Waals surface area contributed by atoms with Crippen LogP contribution in [0, 0.1) is 0 Å². The fourth-order valence-electron chi connectivity index (χ4n) is 5.11. The number of nitrogens with zero attached hydrogens (tertiary/aromatic N) is 2. The van der Waals surface area contributed by atoms with Gasteiger partial charge < -0.3 is 8.78 Å². The van der Waals surface area contributed by atoms with Crippen molar-refractivity contribution in [2.75, 3.05) is 20.6 Å². The Balaban J connectivity index is -0.000000198. The van der Waals surface area contributed by atoms with Gasteiger partial charge in [-0.05, 0) is 18.4 Å². The summed E-state index contributed by atoms with van der Waals surface area (Å²) < 4.78 is 4.02. The van der Waals surface area contributed by atoms with Crippen molar-refractivity contribution in [3.8, 4) is 0 Å². The van der Waals surface area contributed by atoms with Crippen LogP contribution in [0.1, 0.15) is 62.3 Å². The molecule has 0 amide bonds. The first kappa shape index (κ1) is 42.5. The summed E-state index contributed by atoms with van der Waals surface area (Å²) in [5, 5.41) is 0. The molecule has 0 aromatic heterocycles. The van der Waals surface area contributed by atoms with E-state index >= 15 is 0 Å². The second kappa shape index (κ2) is 19.5. The van der Waals surface area contributed by atoms with Crippen molar-refractivity contribution in [3.05, 3.63) is 24.0 Å². The van der Waals surface area contributed by atoms with E-state index in [2.05, 4.69) is 154 Å². The normalized spacial score (nSPS) is 13.3. The van der Waals surface area contributed by atoms with Crippen LogP contribution < -0.4 is 0 Å². The number of hydrogen-bond acceptors (Lipinski definition) is 2. The number of allylic oxidation sites excluding steroid dienone is 1. The van der Waals surface area contributed by atoms with Crippen molar-refractivity contribution in [1.82, 2.24) is 8.78 Å². The Morgan fingerprint density at radius 3 is 1.15 bits per heavy atom. The minimum atomic E-state index is -0.799. The van der Waals surface area contributed by atoms with Gasteiger partial charge in [-0.1, -0.05) is 126 Å². The molecule has 200 valence electrons. The molecule has 1 aliphatic heterocycles. The van der Waals surface area contributed by atoms with Gasteiger partial charge in [-0.3, -0.25) is 0 Å². The molecule has 0 atom stereocenters. The molecule has 0 unspecified atom stereocenters. The Kier molecular flexibility index (Phi) is 24.3. The van der Waals surface area contributed by atoms with Crippen molar-refractivity contribution >= 4 is 70.5 Å². The summed E-state index contributed by atoms with van der Waals surface area (Å²) in [4.78, 5) is 2.15. The molecule has 0 aromatic carbocycles. The Bertz CT molecular complexity index is 512. The fraction of sp³-hybridized carbons (Fsp3) is 0.852. The van der Waals surface area contributed by atoms with Crippen LogP contribution in [-0.2, 0) is 0 Å². The Morgan fingerprint density at radius 2 is 1.03 bits per heavy atom. The summed E-state index contributed by atoms with van der Waals surface area (Å²) in [6.45, 7) is 36.5. The molecule has 7 heteroatoms. The van der Waals surface area contributed by atoms with Gasteiger partial charge in [0.1, 0.15) is 0 Å². The molecule has 0 aliphatic carbocycles. The molecule has 0 saturated carbocycles. The first-order chi connectivity index (χ1) is 14.4. The Hall–Kier alpha value is 1.40. The van der Waals surface area contributed by atoms with Gasteiger partial charge in [0.15, 0.2) is 0 Å². The van der Waals surface area contributed by atoms with Crippen molar-refractivity contribution in [3.63, 3.8) is 0 Å². The number of likely N-dealkylation sites (N-methyl/N-ethyl adjacent to an activating group) is 1. The van der Waals surface area contributed by atoms with Crippen LogP contribution in [0.5, 0.6) is 0 Å². The maximum absolute atomic E-state index is 2.45. The molecule has 1 heterocycles. The van der Waals surface area contributed by atoms with Crippen molar-refractivity contribution < 1.29 is 0 Å². The first-order valence-electron chi connectivity index (χ1n) is 12.8. The molecule has 2 nitrogen and oxygen atoms in total. The summed E-state index contributed by atoms with van der Waals surface area (Å²) in [5.74, 6) is 4.69. The topological polar surface area (TPSA) is 6.48 Å². The van der Waals surface area contributed by atoms with Crippen LogP contribution in [0.2, 0.25) is 63.7 Å². The molecule has 34 heavy (non-hydrogen) atoms. The van der Waals surface area contributed by atoms with Gasteiger partial charge in [-0.2, -0.15) is 0 Å². The fourth-order valence-corrected chi connectivity index (χ4v) is 13.9. The van der Waals surface area contributed by atoms with Crippen molar-refractivity contribution in [1.29, 1.82) is 0 Å². The van der Waals surface area contributed by atoms with Gasteiger partial charge in [0.2, 0.25) is 0 Å². The van der Waals surface area contributed by atoms with Crippen molar-refractivity contribution in [2.24, 2.45) is 0 Å². The third-order valence-corrected chi connectivity index (χ3v) is 11.6. The predicted octanol–water partition coefficient (Wildman–Crippen LogP) is 8.49. The van der Waals surface area contributed by atoms with Crippen LogP contribution in [0.25, 0.3) is 0 Å². The molecular formula is C27H63Al2N2SbSi2. The third kappa shape index (κ3) is 25.1. The molecule has 1 aliphatic rings. The van der Waals surface area contributed by atoms with Crippen LogP contribution in [-0.4, -0.2) is 100.0 Å². The summed E-state index contributed by atoms with van der Waals surface area (Å²) in [7, 11) is 4.40. The molecule has 1 rings (SSSR count). The van der Waals surface area contributed by atoms with Crippen LogP contribution in [0.15, 0.2) is 24.0 Å². The summed E-state index contributed by atoms with van der Waals surface area (Å²) in [6.07, 6.45) is 6.70. The van der Waals surface area contributed by atoms with E-state index in [4.69, 9.17) is 0 Å². The first-order valence-corrected chi connectivity index (χ1v) is 23.3. The third-order valence-electron chi connectivity index (χ3n) is 4.73. The van der Waals surface area contributed by atoms with E-state index in [-0.39, 0.29) is 42.0 Å². The monoisotopic (exact) mass is 646 g/mol. The standard InChI is InChI=1S/C7H11N2.3C4H9.2C3H9Si.2CH3.2Al.Sb.H/c1-9(2)7-3-5-8-6-4-7;5*1-4(2)3;;;;;;/h3-5H,6H2,1-2H3;5*1-3H3;2*1H3;;;;/q-1;;;;;;;;;+1;;. The molecule has 4 radical (unpaired) electrons. The van der Waals surface area contributed by atoms with Crippen LogP contribution in [0.4, 0.5) is 0 Å². The molecule has 0 spiro atoms. The summed E-state index contributed by atoms with van der Waals surface area (Å²) >= 11 is -1.43. The molecule has 0 saturated heterocycles. The Morgan fingerprint density at radius 1 is 0.735 bits per heavy atom. The molecule has 0 N–H and O–H groups in total. The van der Waals surface area contributed by atoms with Gasteiger partial charge in [0.25, 0.3) is 14.1 Å². The minimum absolute atomic E-state index is 0. The van der Waals surface area contributed by atoms with Crippen LogP contribution in [0.3, 0.4) is 0 Å². The van der Waals surface area contributed by atoms with Gasteiger partial charge in [-0.15, -0.1) is 0 Å². The van der Waals surface area contributed by atoms with Gasteiger partial charge in [-0.25, -0.2) is 0 Å².